The second kappa shape index (κ2) is 7.74. The molecule has 4 aromatic rings. The third-order valence-corrected chi connectivity index (χ3v) is 3.99. The molecule has 0 atom stereocenters. The topological polar surface area (TPSA) is 76.7 Å². The fourth-order valence-corrected chi connectivity index (χ4v) is 2.66. The van der Waals surface area contributed by atoms with E-state index >= 15 is 0 Å². The van der Waals surface area contributed by atoms with Crippen LogP contribution in [0.3, 0.4) is 0 Å². The summed E-state index contributed by atoms with van der Waals surface area (Å²) in [7, 11) is 0. The minimum Gasteiger partial charge on any atom is -0.463 e. The van der Waals surface area contributed by atoms with Crippen molar-refractivity contribution in [2.75, 3.05) is 11.9 Å². The van der Waals surface area contributed by atoms with E-state index in [1.54, 1.807) is 49.2 Å². The monoisotopic (exact) mass is 361 g/mol. The highest BCUT2D eigenvalue weighted by Crippen LogP contribution is 2.29. The molecule has 0 aliphatic rings. The molecule has 0 saturated carbocycles. The second-order valence-corrected chi connectivity index (χ2v) is 5.83. The van der Waals surface area contributed by atoms with Gasteiger partial charge in [0, 0.05) is 30.7 Å². The van der Waals surface area contributed by atoms with Crippen LogP contribution in [0.1, 0.15) is 5.56 Å². The van der Waals surface area contributed by atoms with Crippen molar-refractivity contribution in [3.8, 4) is 22.7 Å². The Morgan fingerprint density at radius 3 is 2.63 bits per heavy atom. The predicted molar refractivity (Wildman–Crippen MR) is 99.4 cm³/mol. The summed E-state index contributed by atoms with van der Waals surface area (Å²) in [5.41, 5.74) is 3.08. The fourth-order valence-electron chi connectivity index (χ4n) is 2.66. The zero-order chi connectivity index (χ0) is 18.5. The standard InChI is InChI=1S/C20H16FN5O/c21-15-5-3-14(4-6-15)7-8-24-20-25-12-16(17-13-22-9-10-23-17)19(26-20)18-2-1-11-27-18/h1-6,9-13H,7-8H2,(H,24,25,26). The van der Waals surface area contributed by atoms with Crippen LogP contribution in [0.25, 0.3) is 22.7 Å². The van der Waals surface area contributed by atoms with Crippen molar-refractivity contribution in [1.29, 1.82) is 0 Å². The lowest BCUT2D eigenvalue weighted by atomic mass is 10.1. The van der Waals surface area contributed by atoms with Crippen molar-refractivity contribution >= 4 is 5.95 Å². The maximum absolute atomic E-state index is 13.0. The first kappa shape index (κ1) is 16.8. The summed E-state index contributed by atoms with van der Waals surface area (Å²) in [4.78, 5) is 17.4. The number of aromatic nitrogens is 4. The molecular formula is C20H16FN5O. The van der Waals surface area contributed by atoms with Gasteiger partial charge in [0.15, 0.2) is 5.76 Å². The lowest BCUT2D eigenvalue weighted by molar-refractivity contribution is 0.580. The van der Waals surface area contributed by atoms with E-state index in [-0.39, 0.29) is 5.82 Å². The minimum atomic E-state index is -0.238. The Bertz CT molecular complexity index is 1000. The van der Waals surface area contributed by atoms with Crippen LogP contribution in [-0.2, 0) is 6.42 Å². The van der Waals surface area contributed by atoms with Crippen LogP contribution in [0, 0.1) is 5.82 Å². The normalized spacial score (nSPS) is 10.7. The van der Waals surface area contributed by atoms with Crippen LogP contribution in [0.4, 0.5) is 10.3 Å². The predicted octanol–water partition coefficient (Wildman–Crippen LogP) is 3.99. The summed E-state index contributed by atoms with van der Waals surface area (Å²) in [6.45, 7) is 0.619. The average Bonchev–Trinajstić information content (AvgIpc) is 3.25. The van der Waals surface area contributed by atoms with Crippen LogP contribution < -0.4 is 5.32 Å². The number of nitrogens with zero attached hydrogens (tertiary/aromatic N) is 4. The van der Waals surface area contributed by atoms with Crippen LogP contribution in [-0.4, -0.2) is 26.5 Å². The van der Waals surface area contributed by atoms with Crippen LogP contribution in [0.5, 0.6) is 0 Å². The molecule has 0 unspecified atom stereocenters. The van der Waals surface area contributed by atoms with E-state index in [1.807, 2.05) is 6.07 Å². The van der Waals surface area contributed by atoms with Gasteiger partial charge in [-0.15, -0.1) is 0 Å². The first-order chi connectivity index (χ1) is 13.3. The van der Waals surface area contributed by atoms with Crippen molar-refractivity contribution in [2.24, 2.45) is 0 Å². The number of benzene rings is 1. The highest BCUT2D eigenvalue weighted by molar-refractivity contribution is 5.76. The van der Waals surface area contributed by atoms with E-state index in [0.29, 0.717) is 29.6 Å². The van der Waals surface area contributed by atoms with E-state index in [4.69, 9.17) is 4.42 Å². The largest absolute Gasteiger partial charge is 0.463 e. The molecule has 0 radical (unpaired) electrons. The molecule has 3 aromatic heterocycles. The molecule has 0 aliphatic heterocycles. The highest BCUT2D eigenvalue weighted by Gasteiger charge is 2.14. The maximum Gasteiger partial charge on any atom is 0.223 e. The van der Waals surface area contributed by atoms with Gasteiger partial charge < -0.3 is 9.73 Å². The van der Waals surface area contributed by atoms with E-state index < -0.39 is 0 Å². The van der Waals surface area contributed by atoms with Gasteiger partial charge >= 0.3 is 0 Å². The summed E-state index contributed by atoms with van der Waals surface area (Å²) in [6, 6.07) is 10.1. The van der Waals surface area contributed by atoms with E-state index in [0.717, 1.165) is 17.5 Å². The molecule has 7 heteroatoms. The zero-order valence-corrected chi connectivity index (χ0v) is 14.3. The lowest BCUT2D eigenvalue weighted by Gasteiger charge is -2.09. The van der Waals surface area contributed by atoms with Crippen LogP contribution >= 0.6 is 0 Å². The first-order valence-electron chi connectivity index (χ1n) is 8.45. The summed E-state index contributed by atoms with van der Waals surface area (Å²) >= 11 is 0. The summed E-state index contributed by atoms with van der Waals surface area (Å²) in [5, 5.41) is 3.20. The van der Waals surface area contributed by atoms with Gasteiger partial charge in [-0.1, -0.05) is 12.1 Å². The molecular weight excluding hydrogens is 345 g/mol. The highest BCUT2D eigenvalue weighted by atomic mass is 19.1. The van der Waals surface area contributed by atoms with Gasteiger partial charge in [0.05, 0.1) is 18.2 Å². The molecule has 134 valence electrons. The molecule has 27 heavy (non-hydrogen) atoms. The molecule has 0 fully saturated rings. The van der Waals surface area contributed by atoms with Crippen molar-refractivity contribution in [1.82, 2.24) is 19.9 Å². The molecule has 3 heterocycles. The van der Waals surface area contributed by atoms with Crippen molar-refractivity contribution in [2.45, 2.75) is 6.42 Å². The summed E-state index contributed by atoms with van der Waals surface area (Å²) in [6.07, 6.45) is 8.92. The van der Waals surface area contributed by atoms with E-state index in [9.17, 15) is 4.39 Å². The summed E-state index contributed by atoms with van der Waals surface area (Å²) in [5.74, 6) is 0.869. The molecule has 0 saturated heterocycles. The Morgan fingerprint density at radius 1 is 1.00 bits per heavy atom. The smallest absolute Gasteiger partial charge is 0.223 e. The number of hydrogen-bond donors (Lipinski definition) is 1. The van der Waals surface area contributed by atoms with Gasteiger partial charge in [-0.25, -0.2) is 14.4 Å². The Kier molecular flexibility index (Phi) is 4.82. The quantitative estimate of drug-likeness (QED) is 0.560. The van der Waals surface area contributed by atoms with Gasteiger partial charge in [0.2, 0.25) is 5.95 Å². The fraction of sp³-hybridized carbons (Fsp3) is 0.100. The number of hydrogen-bond acceptors (Lipinski definition) is 6. The number of anilines is 1. The molecule has 0 bridgehead atoms. The SMILES string of the molecule is Fc1ccc(CCNc2ncc(-c3cnccn3)c(-c3ccco3)n2)cc1. The van der Waals surface area contributed by atoms with Gasteiger partial charge in [-0.2, -0.15) is 0 Å². The third kappa shape index (κ3) is 3.98. The van der Waals surface area contributed by atoms with E-state index in [1.165, 1.54) is 12.1 Å². The molecule has 1 aromatic carbocycles. The zero-order valence-electron chi connectivity index (χ0n) is 14.3. The molecule has 4 rings (SSSR count). The lowest BCUT2D eigenvalue weighted by Crippen LogP contribution is -2.09. The number of nitrogens with one attached hydrogen (secondary N) is 1. The van der Waals surface area contributed by atoms with E-state index in [2.05, 4.69) is 25.3 Å². The minimum absolute atomic E-state index is 0.238. The second-order valence-electron chi connectivity index (χ2n) is 5.83. The van der Waals surface area contributed by atoms with Crippen molar-refractivity contribution < 1.29 is 8.81 Å². The molecule has 0 amide bonds. The Balaban J connectivity index is 1.55. The van der Waals surface area contributed by atoms with Gasteiger partial charge in [0.1, 0.15) is 11.5 Å². The van der Waals surface area contributed by atoms with Crippen molar-refractivity contribution in [3.05, 3.63) is 78.8 Å². The van der Waals surface area contributed by atoms with Gasteiger partial charge in [-0.3, -0.25) is 9.97 Å². The molecule has 6 nitrogen and oxygen atoms in total. The summed E-state index contributed by atoms with van der Waals surface area (Å²) < 4.78 is 18.5. The number of halogens is 1. The van der Waals surface area contributed by atoms with Gasteiger partial charge in [0.25, 0.3) is 0 Å². The Labute approximate surface area is 155 Å². The number of rotatable bonds is 6. The molecule has 0 aliphatic carbocycles. The third-order valence-electron chi connectivity index (χ3n) is 3.99. The van der Waals surface area contributed by atoms with Crippen molar-refractivity contribution in [3.63, 3.8) is 0 Å². The van der Waals surface area contributed by atoms with Crippen LogP contribution in [0.2, 0.25) is 0 Å². The Morgan fingerprint density at radius 2 is 1.89 bits per heavy atom. The molecule has 1 N–H and O–H groups in total. The molecule has 0 spiro atoms. The Hall–Kier alpha value is -3.61. The maximum atomic E-state index is 13.0. The van der Waals surface area contributed by atoms with Gasteiger partial charge in [-0.05, 0) is 36.2 Å². The number of furan rings is 1. The first-order valence-corrected chi connectivity index (χ1v) is 8.45. The average molecular weight is 361 g/mol. The van der Waals surface area contributed by atoms with Crippen LogP contribution in [0.15, 0.2) is 71.9 Å².